The highest BCUT2D eigenvalue weighted by molar-refractivity contribution is 7.88. The number of nitrogens with zero attached hydrogens (tertiary/aromatic N) is 1. The van der Waals surface area contributed by atoms with Crippen molar-refractivity contribution in [3.8, 4) is 0 Å². The molecule has 1 unspecified atom stereocenters. The molecule has 1 aliphatic heterocycles. The second-order valence-electron chi connectivity index (χ2n) is 7.34. The van der Waals surface area contributed by atoms with Crippen molar-refractivity contribution < 1.29 is 18.0 Å². The van der Waals surface area contributed by atoms with Crippen molar-refractivity contribution in [2.24, 2.45) is 5.92 Å². The minimum Gasteiger partial charge on any atom is -0.347 e. The number of rotatable bonds is 7. The SMILES string of the molecule is CS(=O)(=O)NCC1CCCCN1C(=O)CNC(=O)CC1CCCCC1. The first-order valence-corrected chi connectivity index (χ1v) is 11.2. The van der Waals surface area contributed by atoms with E-state index in [1.807, 2.05) is 0 Å². The van der Waals surface area contributed by atoms with Gasteiger partial charge in [-0.05, 0) is 38.0 Å². The summed E-state index contributed by atoms with van der Waals surface area (Å²) >= 11 is 0. The number of hydrogen-bond donors (Lipinski definition) is 2. The van der Waals surface area contributed by atoms with Crippen LogP contribution in [0.3, 0.4) is 0 Å². The Bertz CT molecular complexity index is 558. The number of likely N-dealkylation sites (tertiary alicyclic amines) is 1. The lowest BCUT2D eigenvalue weighted by molar-refractivity contribution is -0.136. The number of piperidine rings is 1. The van der Waals surface area contributed by atoms with E-state index in [2.05, 4.69) is 10.0 Å². The maximum absolute atomic E-state index is 12.5. The van der Waals surface area contributed by atoms with Crippen LogP contribution in [0.4, 0.5) is 0 Å². The molecule has 1 atom stereocenters. The fourth-order valence-corrected chi connectivity index (χ4v) is 4.29. The van der Waals surface area contributed by atoms with Gasteiger partial charge in [0.05, 0.1) is 12.8 Å². The van der Waals surface area contributed by atoms with Gasteiger partial charge in [-0.3, -0.25) is 9.59 Å². The van der Waals surface area contributed by atoms with Crippen LogP contribution in [0.2, 0.25) is 0 Å². The molecule has 0 aromatic heterocycles. The summed E-state index contributed by atoms with van der Waals surface area (Å²) in [5, 5.41) is 2.75. The summed E-state index contributed by atoms with van der Waals surface area (Å²) in [5.41, 5.74) is 0. The number of sulfonamides is 1. The second-order valence-corrected chi connectivity index (χ2v) is 9.18. The predicted octanol–water partition coefficient (Wildman–Crippen LogP) is 1.00. The van der Waals surface area contributed by atoms with Crippen molar-refractivity contribution in [3.05, 3.63) is 0 Å². The molecule has 7 nitrogen and oxygen atoms in total. The Balaban J connectivity index is 1.77. The number of carbonyl (C=O) groups excluding carboxylic acids is 2. The van der Waals surface area contributed by atoms with Gasteiger partial charge in [0.25, 0.3) is 0 Å². The molecule has 0 bridgehead atoms. The zero-order valence-corrected chi connectivity index (χ0v) is 15.9. The molecule has 2 N–H and O–H groups in total. The highest BCUT2D eigenvalue weighted by atomic mass is 32.2. The van der Waals surface area contributed by atoms with Crippen LogP contribution in [-0.4, -0.2) is 57.1 Å². The lowest BCUT2D eigenvalue weighted by Crippen LogP contribution is -2.52. The number of hydrogen-bond acceptors (Lipinski definition) is 4. The molecule has 1 saturated carbocycles. The third-order valence-electron chi connectivity index (χ3n) is 5.16. The van der Waals surface area contributed by atoms with Crippen LogP contribution in [0, 0.1) is 5.92 Å². The topological polar surface area (TPSA) is 95.6 Å². The molecule has 1 saturated heterocycles. The monoisotopic (exact) mass is 373 g/mol. The molecule has 144 valence electrons. The fraction of sp³-hybridized carbons (Fsp3) is 0.882. The average molecular weight is 374 g/mol. The Morgan fingerprint density at radius 2 is 1.72 bits per heavy atom. The van der Waals surface area contributed by atoms with E-state index in [9.17, 15) is 18.0 Å². The van der Waals surface area contributed by atoms with Crippen LogP contribution < -0.4 is 10.0 Å². The van der Waals surface area contributed by atoms with Crippen LogP contribution >= 0.6 is 0 Å². The third kappa shape index (κ3) is 7.32. The quantitative estimate of drug-likeness (QED) is 0.696. The summed E-state index contributed by atoms with van der Waals surface area (Å²) in [4.78, 5) is 26.2. The Labute approximate surface area is 151 Å². The minimum absolute atomic E-state index is 0.000921. The normalized spacial score (nSPS) is 22.6. The molecule has 1 aliphatic carbocycles. The molecule has 2 fully saturated rings. The molecule has 0 spiro atoms. The molecule has 1 heterocycles. The molecule has 25 heavy (non-hydrogen) atoms. The highest BCUT2D eigenvalue weighted by Crippen LogP contribution is 2.26. The van der Waals surface area contributed by atoms with Gasteiger partial charge in [-0.1, -0.05) is 19.3 Å². The molecule has 0 aromatic rings. The van der Waals surface area contributed by atoms with Crippen molar-refractivity contribution in [2.45, 2.75) is 63.8 Å². The van der Waals surface area contributed by atoms with Crippen molar-refractivity contribution in [2.75, 3.05) is 25.9 Å². The lowest BCUT2D eigenvalue weighted by Gasteiger charge is -2.36. The maximum atomic E-state index is 12.5. The number of amides is 2. The summed E-state index contributed by atoms with van der Waals surface area (Å²) in [5.74, 6) is 0.269. The summed E-state index contributed by atoms with van der Waals surface area (Å²) in [6.45, 7) is 0.856. The van der Waals surface area contributed by atoms with Gasteiger partial charge in [0.2, 0.25) is 21.8 Å². The molecule has 8 heteroatoms. The molecular weight excluding hydrogens is 342 g/mol. The van der Waals surface area contributed by atoms with Gasteiger partial charge in [-0.2, -0.15) is 0 Å². The number of nitrogens with one attached hydrogen (secondary N) is 2. The van der Waals surface area contributed by atoms with Gasteiger partial charge >= 0.3 is 0 Å². The van der Waals surface area contributed by atoms with Crippen LogP contribution in [0.1, 0.15) is 57.8 Å². The molecule has 2 rings (SSSR count). The zero-order chi connectivity index (χ0) is 18.3. The van der Waals surface area contributed by atoms with Gasteiger partial charge < -0.3 is 10.2 Å². The van der Waals surface area contributed by atoms with E-state index >= 15 is 0 Å². The van der Waals surface area contributed by atoms with E-state index in [0.717, 1.165) is 38.4 Å². The summed E-state index contributed by atoms with van der Waals surface area (Å²) in [6.07, 6.45) is 10.2. The van der Waals surface area contributed by atoms with Gasteiger partial charge in [0.1, 0.15) is 0 Å². The Morgan fingerprint density at radius 3 is 2.40 bits per heavy atom. The zero-order valence-electron chi connectivity index (χ0n) is 15.1. The first-order chi connectivity index (χ1) is 11.8. The first-order valence-electron chi connectivity index (χ1n) is 9.36. The van der Waals surface area contributed by atoms with Gasteiger partial charge in [0, 0.05) is 25.6 Å². The van der Waals surface area contributed by atoms with Crippen LogP contribution in [-0.2, 0) is 19.6 Å². The van der Waals surface area contributed by atoms with E-state index in [4.69, 9.17) is 0 Å². The smallest absolute Gasteiger partial charge is 0.242 e. The summed E-state index contributed by atoms with van der Waals surface area (Å²) in [6, 6.07) is -0.133. The van der Waals surface area contributed by atoms with Crippen LogP contribution in [0.15, 0.2) is 0 Å². The second kappa shape index (κ2) is 9.52. The highest BCUT2D eigenvalue weighted by Gasteiger charge is 2.27. The van der Waals surface area contributed by atoms with Gasteiger partial charge in [-0.25, -0.2) is 13.1 Å². The van der Waals surface area contributed by atoms with E-state index in [0.29, 0.717) is 18.9 Å². The molecule has 0 aromatic carbocycles. The average Bonchev–Trinajstić information content (AvgIpc) is 2.58. The Hall–Kier alpha value is -1.15. The first kappa shape index (κ1) is 20.2. The molecule has 0 radical (unpaired) electrons. The van der Waals surface area contributed by atoms with E-state index in [1.54, 1.807) is 4.90 Å². The van der Waals surface area contributed by atoms with Gasteiger partial charge in [0.15, 0.2) is 0 Å². The van der Waals surface area contributed by atoms with Gasteiger partial charge in [-0.15, -0.1) is 0 Å². The largest absolute Gasteiger partial charge is 0.347 e. The van der Waals surface area contributed by atoms with Crippen molar-refractivity contribution in [1.29, 1.82) is 0 Å². The molecule has 2 aliphatic rings. The minimum atomic E-state index is -3.27. The third-order valence-corrected chi connectivity index (χ3v) is 5.86. The standard InChI is InChI=1S/C17H31N3O4S/c1-25(23,24)19-12-15-9-5-6-10-20(15)17(22)13-18-16(21)11-14-7-3-2-4-8-14/h14-15,19H,2-13H2,1H3,(H,18,21). The van der Waals surface area contributed by atoms with Crippen molar-refractivity contribution >= 4 is 21.8 Å². The molecule has 2 amide bonds. The maximum Gasteiger partial charge on any atom is 0.242 e. The summed E-state index contributed by atoms with van der Waals surface area (Å²) < 4.78 is 25.1. The van der Waals surface area contributed by atoms with E-state index < -0.39 is 10.0 Å². The van der Waals surface area contributed by atoms with E-state index in [-0.39, 0.29) is 30.9 Å². The Morgan fingerprint density at radius 1 is 1.04 bits per heavy atom. The van der Waals surface area contributed by atoms with Crippen LogP contribution in [0.5, 0.6) is 0 Å². The van der Waals surface area contributed by atoms with Crippen molar-refractivity contribution in [1.82, 2.24) is 14.9 Å². The summed E-state index contributed by atoms with van der Waals surface area (Å²) in [7, 11) is -3.27. The van der Waals surface area contributed by atoms with Crippen molar-refractivity contribution in [3.63, 3.8) is 0 Å². The fourth-order valence-electron chi connectivity index (χ4n) is 3.79. The van der Waals surface area contributed by atoms with Crippen LogP contribution in [0.25, 0.3) is 0 Å². The Kier molecular flexibility index (Phi) is 7.68. The number of carbonyl (C=O) groups is 2. The molecular formula is C17H31N3O4S. The predicted molar refractivity (Wildman–Crippen MR) is 96.4 cm³/mol. The van der Waals surface area contributed by atoms with E-state index in [1.165, 1.54) is 19.3 Å². The lowest BCUT2D eigenvalue weighted by atomic mass is 9.87.